The predicted octanol–water partition coefficient (Wildman–Crippen LogP) is 2.13. The topological polar surface area (TPSA) is 41.4 Å². The number of hydrogen-bond acceptors (Lipinski definition) is 3. The summed E-state index contributed by atoms with van der Waals surface area (Å²) in [5, 5.41) is 4.40. The number of rotatable bonds is 4. The van der Waals surface area contributed by atoms with Crippen LogP contribution >= 0.6 is 0 Å². The van der Waals surface area contributed by atoms with Gasteiger partial charge < -0.3 is 4.90 Å². The van der Waals surface area contributed by atoms with Gasteiger partial charge in [-0.2, -0.15) is 5.10 Å². The normalized spacial score (nSPS) is 28.7. The molecule has 0 aromatic carbocycles. The van der Waals surface area contributed by atoms with Gasteiger partial charge in [0, 0.05) is 56.4 Å². The van der Waals surface area contributed by atoms with Gasteiger partial charge in [-0.3, -0.25) is 14.4 Å². The average Bonchev–Trinajstić information content (AvgIpc) is 2.75. The van der Waals surface area contributed by atoms with Crippen LogP contribution in [0.3, 0.4) is 0 Å². The number of piperidine rings is 1. The Balaban J connectivity index is 1.43. The number of amides is 1. The summed E-state index contributed by atoms with van der Waals surface area (Å²) in [5.74, 6) is 1.43. The molecule has 4 heterocycles. The fourth-order valence-corrected chi connectivity index (χ4v) is 4.36. The van der Waals surface area contributed by atoms with Crippen molar-refractivity contribution in [1.29, 1.82) is 0 Å². The summed E-state index contributed by atoms with van der Waals surface area (Å²) in [7, 11) is 0. The van der Waals surface area contributed by atoms with Crippen molar-refractivity contribution in [1.82, 2.24) is 19.6 Å². The number of carbonyl (C=O) groups excluding carboxylic acids is 1. The van der Waals surface area contributed by atoms with Gasteiger partial charge in [0.15, 0.2) is 0 Å². The summed E-state index contributed by atoms with van der Waals surface area (Å²) >= 11 is 0. The zero-order chi connectivity index (χ0) is 15.8. The molecule has 1 saturated carbocycles. The number of fused-ring (bicyclic) bond motifs is 4. The second-order valence-corrected chi connectivity index (χ2v) is 7.60. The summed E-state index contributed by atoms with van der Waals surface area (Å²) in [5.41, 5.74) is 1.30. The van der Waals surface area contributed by atoms with Crippen LogP contribution in [0, 0.1) is 11.8 Å². The van der Waals surface area contributed by atoms with Crippen LogP contribution in [0.25, 0.3) is 0 Å². The minimum Gasteiger partial charge on any atom is -0.341 e. The van der Waals surface area contributed by atoms with Crippen LogP contribution in [0.5, 0.6) is 0 Å². The van der Waals surface area contributed by atoms with Crippen molar-refractivity contribution < 1.29 is 4.79 Å². The first-order valence-corrected chi connectivity index (χ1v) is 9.27. The molecule has 5 rings (SSSR count). The third-order valence-electron chi connectivity index (χ3n) is 5.99. The lowest BCUT2D eigenvalue weighted by Gasteiger charge is -2.36. The highest BCUT2D eigenvalue weighted by molar-refractivity contribution is 5.79. The summed E-state index contributed by atoms with van der Waals surface area (Å²) in [6, 6.07) is 0.530. The SMILES string of the molecule is CCn1cc(CN2C[C@H]3CC[C@@H]2CN(C(=O)C2CCC2)C3)cn1. The molecule has 2 bridgehead atoms. The van der Waals surface area contributed by atoms with E-state index in [0.717, 1.165) is 45.6 Å². The average molecular weight is 316 g/mol. The second kappa shape index (κ2) is 6.27. The van der Waals surface area contributed by atoms with E-state index < -0.39 is 0 Å². The van der Waals surface area contributed by atoms with Gasteiger partial charge >= 0.3 is 0 Å². The first-order valence-electron chi connectivity index (χ1n) is 9.27. The number of aromatic nitrogens is 2. The largest absolute Gasteiger partial charge is 0.341 e. The molecule has 3 aliphatic heterocycles. The summed E-state index contributed by atoms with van der Waals surface area (Å²) in [6.07, 6.45) is 10.2. The van der Waals surface area contributed by atoms with E-state index in [1.165, 1.54) is 24.8 Å². The fourth-order valence-electron chi connectivity index (χ4n) is 4.36. The van der Waals surface area contributed by atoms with Crippen molar-refractivity contribution >= 4 is 5.91 Å². The molecule has 0 spiro atoms. The van der Waals surface area contributed by atoms with Crippen LogP contribution in [0.15, 0.2) is 12.4 Å². The molecule has 1 aromatic rings. The predicted molar refractivity (Wildman–Crippen MR) is 88.7 cm³/mol. The van der Waals surface area contributed by atoms with Crippen molar-refractivity contribution in [2.24, 2.45) is 11.8 Å². The lowest BCUT2D eigenvalue weighted by molar-refractivity contribution is -0.138. The molecule has 0 radical (unpaired) electrons. The first-order chi connectivity index (χ1) is 11.2. The fraction of sp³-hybridized carbons (Fsp3) is 0.778. The Hall–Kier alpha value is -1.36. The van der Waals surface area contributed by atoms with Crippen molar-refractivity contribution in [2.45, 2.75) is 58.2 Å². The zero-order valence-corrected chi connectivity index (χ0v) is 14.2. The molecular formula is C18H28N4O. The second-order valence-electron chi connectivity index (χ2n) is 7.60. The van der Waals surface area contributed by atoms with Gasteiger partial charge in [0.2, 0.25) is 5.91 Å². The summed E-state index contributed by atoms with van der Waals surface area (Å²) in [4.78, 5) is 17.4. The molecule has 0 N–H and O–H groups in total. The van der Waals surface area contributed by atoms with Gasteiger partial charge in [0.1, 0.15) is 0 Å². The smallest absolute Gasteiger partial charge is 0.225 e. The number of carbonyl (C=O) groups is 1. The lowest BCUT2D eigenvalue weighted by Crippen LogP contribution is -2.45. The van der Waals surface area contributed by atoms with E-state index in [0.29, 0.717) is 23.8 Å². The third kappa shape index (κ3) is 3.03. The van der Waals surface area contributed by atoms with Crippen LogP contribution in [0.1, 0.15) is 44.6 Å². The summed E-state index contributed by atoms with van der Waals surface area (Å²) < 4.78 is 2.00. The van der Waals surface area contributed by atoms with E-state index in [4.69, 9.17) is 0 Å². The minimum atomic E-state index is 0.337. The van der Waals surface area contributed by atoms with Crippen LogP contribution in [-0.4, -0.2) is 51.2 Å². The molecule has 2 atom stereocenters. The van der Waals surface area contributed by atoms with Crippen LogP contribution in [-0.2, 0) is 17.9 Å². The van der Waals surface area contributed by atoms with Crippen molar-refractivity contribution in [2.75, 3.05) is 19.6 Å². The highest BCUT2D eigenvalue weighted by Gasteiger charge is 2.39. The molecule has 1 amide bonds. The molecule has 126 valence electrons. The summed E-state index contributed by atoms with van der Waals surface area (Å²) in [6.45, 7) is 7.08. The van der Waals surface area contributed by atoms with Gasteiger partial charge in [0.25, 0.3) is 0 Å². The van der Waals surface area contributed by atoms with Crippen molar-refractivity contribution in [3.8, 4) is 0 Å². The van der Waals surface area contributed by atoms with Gasteiger partial charge in [-0.1, -0.05) is 6.42 Å². The highest BCUT2D eigenvalue weighted by Crippen LogP contribution is 2.33. The van der Waals surface area contributed by atoms with Crippen molar-refractivity contribution in [3.05, 3.63) is 18.0 Å². The van der Waals surface area contributed by atoms with Gasteiger partial charge in [-0.15, -0.1) is 0 Å². The molecule has 5 nitrogen and oxygen atoms in total. The molecule has 23 heavy (non-hydrogen) atoms. The van der Waals surface area contributed by atoms with Crippen LogP contribution in [0.4, 0.5) is 0 Å². The number of nitrogens with zero attached hydrogens (tertiary/aromatic N) is 4. The van der Waals surface area contributed by atoms with E-state index >= 15 is 0 Å². The molecule has 5 heteroatoms. The van der Waals surface area contributed by atoms with Gasteiger partial charge in [-0.25, -0.2) is 0 Å². The Morgan fingerprint density at radius 1 is 1.22 bits per heavy atom. The molecule has 1 aliphatic carbocycles. The molecule has 1 aromatic heterocycles. The highest BCUT2D eigenvalue weighted by atomic mass is 16.2. The quantitative estimate of drug-likeness (QED) is 0.854. The van der Waals surface area contributed by atoms with Crippen molar-refractivity contribution in [3.63, 3.8) is 0 Å². The van der Waals surface area contributed by atoms with E-state index in [9.17, 15) is 4.79 Å². The molecule has 0 unspecified atom stereocenters. The van der Waals surface area contributed by atoms with E-state index in [2.05, 4.69) is 28.0 Å². The van der Waals surface area contributed by atoms with E-state index in [1.807, 2.05) is 10.9 Å². The minimum absolute atomic E-state index is 0.337. The number of aryl methyl sites for hydroxylation is 1. The third-order valence-corrected chi connectivity index (χ3v) is 5.99. The maximum atomic E-state index is 12.7. The van der Waals surface area contributed by atoms with E-state index in [1.54, 1.807) is 0 Å². The monoisotopic (exact) mass is 316 g/mol. The zero-order valence-electron chi connectivity index (χ0n) is 14.2. The standard InChI is InChI=1S/C18H28N4O/c1-2-22-12-15(8-19-22)11-20-9-14-6-7-17(20)13-21(10-14)18(23)16-4-3-5-16/h8,12,14,16-17H,2-7,9-11,13H2,1H3/t14-,17-/m1/s1. The van der Waals surface area contributed by atoms with E-state index in [-0.39, 0.29) is 0 Å². The van der Waals surface area contributed by atoms with Gasteiger partial charge in [0.05, 0.1) is 6.20 Å². The maximum Gasteiger partial charge on any atom is 0.225 e. The van der Waals surface area contributed by atoms with Crippen LogP contribution in [0.2, 0.25) is 0 Å². The molecule has 3 saturated heterocycles. The Kier molecular flexibility index (Phi) is 4.14. The Morgan fingerprint density at radius 2 is 2.09 bits per heavy atom. The lowest BCUT2D eigenvalue weighted by atomic mass is 9.84. The Morgan fingerprint density at radius 3 is 2.78 bits per heavy atom. The Labute approximate surface area is 138 Å². The van der Waals surface area contributed by atoms with Crippen LogP contribution < -0.4 is 0 Å². The molecule has 4 fully saturated rings. The molecule has 4 aliphatic rings. The molecular weight excluding hydrogens is 288 g/mol. The first kappa shape index (κ1) is 15.2. The number of hydrogen-bond donors (Lipinski definition) is 0. The van der Waals surface area contributed by atoms with Gasteiger partial charge in [-0.05, 0) is 38.5 Å². The Bertz CT molecular complexity index is 565. The maximum absolute atomic E-state index is 12.7.